The molecule has 1 aliphatic rings. The van der Waals surface area contributed by atoms with Crippen molar-refractivity contribution < 1.29 is 20.8 Å². The van der Waals surface area contributed by atoms with E-state index in [2.05, 4.69) is 81.4 Å². The summed E-state index contributed by atoms with van der Waals surface area (Å²) in [4.78, 5) is 0. The second-order valence-corrected chi connectivity index (χ2v) is 21.4. The first-order chi connectivity index (χ1) is 10.5. The number of nitrogens with zero attached hydrogens (tertiary/aromatic N) is 3. The molecule has 0 radical (unpaired) electrons. The van der Waals surface area contributed by atoms with Gasteiger partial charge in [0.05, 0.1) is 0 Å². The summed E-state index contributed by atoms with van der Waals surface area (Å²) in [5.74, 6) is 0. The van der Waals surface area contributed by atoms with Crippen LogP contribution in [-0.2, 0) is 20.8 Å². The molecule has 0 aromatic carbocycles. The molecule has 0 atom stereocenters. The van der Waals surface area contributed by atoms with Gasteiger partial charge in [-0.1, -0.05) is 0 Å². The molecule has 4 heteroatoms. The van der Waals surface area contributed by atoms with Crippen LogP contribution in [0.1, 0.15) is 48.5 Å². The Morgan fingerprint density at radius 3 is 1.14 bits per heavy atom. The summed E-state index contributed by atoms with van der Waals surface area (Å²) in [7, 11) is 0. The van der Waals surface area contributed by atoms with E-state index in [9.17, 15) is 0 Å². The van der Waals surface area contributed by atoms with Crippen LogP contribution < -0.4 is 0 Å². The van der Waals surface area contributed by atoms with Crippen LogP contribution in [0, 0.1) is 0 Å². The fourth-order valence-corrected chi connectivity index (χ4v) is 27.9. The van der Waals surface area contributed by atoms with E-state index in [1.165, 1.54) is 0 Å². The minimum absolute atomic E-state index is 0.219. The molecule has 0 aliphatic heterocycles. The standard InChI is InChI=1S/C6H7.3C4H10N.Hf/c1-6-4-2-3-5-6;3*1-3-5-4-2;/h2-5H,1H3;3*3-4H2,1-2H3;/q;3*-1;+3. The predicted molar refractivity (Wildman–Crippen MR) is 95.4 cm³/mol. The third-order valence-corrected chi connectivity index (χ3v) is 28.0. The van der Waals surface area contributed by atoms with Crippen LogP contribution in [0.25, 0.3) is 0 Å². The van der Waals surface area contributed by atoms with E-state index < -0.39 is 20.8 Å². The SMILES string of the molecule is CC[N](CC)[Hf]([N](CC)CC)([N](CC)CC)[C]1(C)C=CC=C1. The monoisotopic (exact) mass is 475 g/mol. The van der Waals surface area contributed by atoms with Crippen molar-refractivity contribution in [3.05, 3.63) is 24.3 Å². The zero-order valence-corrected chi connectivity index (χ0v) is 19.5. The first kappa shape index (κ1) is 20.3. The average molecular weight is 474 g/mol. The molecule has 128 valence electrons. The molecule has 0 bridgehead atoms. The summed E-state index contributed by atoms with van der Waals surface area (Å²) in [6, 6.07) is 0. The van der Waals surface area contributed by atoms with Crippen molar-refractivity contribution in [3.8, 4) is 0 Å². The molecule has 3 nitrogen and oxygen atoms in total. The van der Waals surface area contributed by atoms with Crippen LogP contribution in [0.4, 0.5) is 0 Å². The quantitative estimate of drug-likeness (QED) is 0.440. The van der Waals surface area contributed by atoms with Crippen LogP contribution in [-0.4, -0.2) is 47.9 Å². The Balaban J connectivity index is 3.61. The summed E-state index contributed by atoms with van der Waals surface area (Å²) in [6.07, 6.45) is 9.52. The molecule has 0 heterocycles. The van der Waals surface area contributed by atoms with Gasteiger partial charge in [0, 0.05) is 0 Å². The van der Waals surface area contributed by atoms with Crippen molar-refractivity contribution in [1.82, 2.24) is 8.66 Å². The summed E-state index contributed by atoms with van der Waals surface area (Å²) in [5.41, 5.74) is 0. The van der Waals surface area contributed by atoms with E-state index in [4.69, 9.17) is 0 Å². The van der Waals surface area contributed by atoms with E-state index in [1.807, 2.05) is 0 Å². The van der Waals surface area contributed by atoms with Crippen LogP contribution in [0.15, 0.2) is 24.3 Å². The third kappa shape index (κ3) is 3.22. The van der Waals surface area contributed by atoms with Crippen LogP contribution >= 0.6 is 0 Å². The normalized spacial score (nSPS) is 17.4. The summed E-state index contributed by atoms with van der Waals surface area (Å²) >= 11 is -3.22. The molecular weight excluding hydrogens is 437 g/mol. The fourth-order valence-electron chi connectivity index (χ4n) is 4.41. The molecule has 0 saturated heterocycles. The Bertz CT molecular complexity index is 337. The first-order valence-electron chi connectivity index (χ1n) is 9.14. The van der Waals surface area contributed by atoms with Gasteiger partial charge >= 0.3 is 145 Å². The zero-order valence-electron chi connectivity index (χ0n) is 15.9. The Hall–Kier alpha value is 0.230. The van der Waals surface area contributed by atoms with Crippen molar-refractivity contribution in [2.24, 2.45) is 0 Å². The molecule has 0 amide bonds. The minimum atomic E-state index is -3.22. The van der Waals surface area contributed by atoms with Crippen LogP contribution in [0.5, 0.6) is 0 Å². The Morgan fingerprint density at radius 1 is 0.636 bits per heavy atom. The van der Waals surface area contributed by atoms with Gasteiger partial charge in [-0.3, -0.25) is 0 Å². The van der Waals surface area contributed by atoms with E-state index in [1.54, 1.807) is 0 Å². The molecule has 0 unspecified atom stereocenters. The van der Waals surface area contributed by atoms with Gasteiger partial charge in [-0.25, -0.2) is 0 Å². The van der Waals surface area contributed by atoms with E-state index in [0.717, 1.165) is 39.3 Å². The number of hydrogen-bond acceptors (Lipinski definition) is 3. The Morgan fingerprint density at radius 2 is 0.909 bits per heavy atom. The third-order valence-electron chi connectivity index (χ3n) is 5.33. The molecule has 0 spiro atoms. The molecule has 0 saturated carbocycles. The second kappa shape index (κ2) is 8.91. The van der Waals surface area contributed by atoms with Gasteiger partial charge in [0.15, 0.2) is 0 Å². The van der Waals surface area contributed by atoms with Gasteiger partial charge in [-0.05, 0) is 0 Å². The molecule has 0 N–H and O–H groups in total. The summed E-state index contributed by atoms with van der Waals surface area (Å²) < 4.78 is 8.82. The number of allylic oxidation sites excluding steroid dienone is 4. The molecule has 22 heavy (non-hydrogen) atoms. The van der Waals surface area contributed by atoms with Gasteiger partial charge in [0.2, 0.25) is 0 Å². The zero-order chi connectivity index (χ0) is 16.8. The summed E-state index contributed by atoms with van der Waals surface area (Å²) in [6.45, 7) is 23.5. The molecule has 1 aliphatic carbocycles. The van der Waals surface area contributed by atoms with Crippen molar-refractivity contribution in [2.75, 3.05) is 39.3 Å². The van der Waals surface area contributed by atoms with Gasteiger partial charge < -0.3 is 0 Å². The van der Waals surface area contributed by atoms with E-state index >= 15 is 0 Å². The van der Waals surface area contributed by atoms with Crippen molar-refractivity contribution in [2.45, 2.75) is 51.6 Å². The van der Waals surface area contributed by atoms with Crippen molar-refractivity contribution in [3.63, 3.8) is 0 Å². The summed E-state index contributed by atoms with van der Waals surface area (Å²) in [5, 5.41) is 0. The van der Waals surface area contributed by atoms with Crippen molar-refractivity contribution >= 4 is 0 Å². The maximum absolute atomic E-state index is 3.22. The van der Waals surface area contributed by atoms with Gasteiger partial charge in [0.25, 0.3) is 0 Å². The van der Waals surface area contributed by atoms with Gasteiger partial charge in [-0.2, -0.15) is 0 Å². The molecular formula is C18H37HfN3. The van der Waals surface area contributed by atoms with E-state index in [-0.39, 0.29) is 3.17 Å². The predicted octanol–water partition coefficient (Wildman–Crippen LogP) is 4.22. The average Bonchev–Trinajstić information content (AvgIpc) is 2.98. The molecule has 0 aromatic rings. The van der Waals surface area contributed by atoms with Gasteiger partial charge in [-0.15, -0.1) is 0 Å². The Labute approximate surface area is 144 Å². The Kier molecular flexibility index (Phi) is 8.21. The van der Waals surface area contributed by atoms with Gasteiger partial charge in [0.1, 0.15) is 0 Å². The molecule has 0 aromatic heterocycles. The fraction of sp³-hybridized carbons (Fsp3) is 0.778. The maximum atomic E-state index is 2.87. The topological polar surface area (TPSA) is 9.72 Å². The number of rotatable bonds is 10. The second-order valence-electron chi connectivity index (χ2n) is 6.15. The van der Waals surface area contributed by atoms with E-state index in [0.29, 0.717) is 0 Å². The number of hydrogen-bond donors (Lipinski definition) is 0. The first-order valence-corrected chi connectivity index (χ1v) is 15.8. The van der Waals surface area contributed by atoms with Crippen LogP contribution in [0.3, 0.4) is 0 Å². The molecule has 0 fully saturated rings. The van der Waals surface area contributed by atoms with Crippen LogP contribution in [0.2, 0.25) is 3.17 Å². The van der Waals surface area contributed by atoms with Crippen molar-refractivity contribution in [1.29, 1.82) is 0 Å². The molecule has 1 rings (SSSR count).